The van der Waals surface area contributed by atoms with Crippen molar-refractivity contribution in [2.45, 2.75) is 17.4 Å². The fraction of sp³-hybridized carbons (Fsp3) is 0.455. The lowest BCUT2D eigenvalue weighted by atomic mass is 10.3. The number of nitrogen functional groups attached to an aromatic ring is 1. The minimum atomic E-state index is -4.05. The molecule has 1 aromatic carbocycles. The molecule has 7 nitrogen and oxygen atoms in total. The molecule has 1 aliphatic rings. The summed E-state index contributed by atoms with van der Waals surface area (Å²) < 4.78 is 67.6. The lowest BCUT2D eigenvalue weighted by molar-refractivity contribution is 0.388. The van der Waals surface area contributed by atoms with Gasteiger partial charge in [-0.15, -0.1) is 0 Å². The van der Waals surface area contributed by atoms with Gasteiger partial charge in [0.1, 0.15) is 0 Å². The number of ether oxygens (including phenoxy) is 1. The van der Waals surface area contributed by atoms with Crippen molar-refractivity contribution in [1.29, 1.82) is 0 Å². The number of rotatable bonds is 4. The third-order valence-electron chi connectivity index (χ3n) is 3.11. The molecular formula is C11H15FN2O5S2. The highest BCUT2D eigenvalue weighted by Gasteiger charge is 2.32. The van der Waals surface area contributed by atoms with Gasteiger partial charge >= 0.3 is 0 Å². The van der Waals surface area contributed by atoms with E-state index in [1.54, 1.807) is 0 Å². The Kier molecular flexibility index (Phi) is 4.13. The van der Waals surface area contributed by atoms with Gasteiger partial charge in [-0.2, -0.15) is 0 Å². The summed E-state index contributed by atoms with van der Waals surface area (Å²) >= 11 is 0. The maximum Gasteiger partial charge on any atom is 0.241 e. The predicted molar refractivity (Wildman–Crippen MR) is 74.7 cm³/mol. The molecule has 1 aromatic rings. The van der Waals surface area contributed by atoms with Crippen LogP contribution in [0.4, 0.5) is 10.1 Å². The van der Waals surface area contributed by atoms with Crippen molar-refractivity contribution in [3.05, 3.63) is 17.9 Å². The Morgan fingerprint density at radius 2 is 2.10 bits per heavy atom. The summed E-state index contributed by atoms with van der Waals surface area (Å²) in [7, 11) is -6.06. The van der Waals surface area contributed by atoms with E-state index in [0.29, 0.717) is 0 Å². The number of sulfone groups is 1. The standard InChI is InChI=1S/C11H15FN2O5S2/c1-19-11-9(12)4-8(5-10(11)13)21(17,18)14-7-2-3-20(15,16)6-7/h4-5,7,14H,2-3,6,13H2,1H3. The zero-order valence-corrected chi connectivity index (χ0v) is 12.8. The molecule has 0 aliphatic carbocycles. The molecule has 3 N–H and O–H groups in total. The quantitative estimate of drug-likeness (QED) is 0.740. The summed E-state index contributed by atoms with van der Waals surface area (Å²) in [6, 6.07) is 1.13. The van der Waals surface area contributed by atoms with Gasteiger partial charge in [0.25, 0.3) is 0 Å². The van der Waals surface area contributed by atoms with Crippen LogP contribution in [0, 0.1) is 5.82 Å². The number of hydrogen-bond acceptors (Lipinski definition) is 6. The number of anilines is 1. The monoisotopic (exact) mass is 338 g/mol. The van der Waals surface area contributed by atoms with Crippen LogP contribution in [-0.4, -0.2) is 41.5 Å². The number of nitrogens with one attached hydrogen (secondary N) is 1. The van der Waals surface area contributed by atoms with Crippen LogP contribution < -0.4 is 15.2 Å². The lowest BCUT2D eigenvalue weighted by Gasteiger charge is -2.13. The van der Waals surface area contributed by atoms with Gasteiger partial charge in [-0.25, -0.2) is 25.9 Å². The number of sulfonamides is 1. The molecule has 1 fully saturated rings. The number of benzene rings is 1. The number of halogens is 1. The number of hydrogen-bond donors (Lipinski definition) is 2. The Hall–Kier alpha value is -1.39. The second-order valence-corrected chi connectivity index (χ2v) is 8.69. The highest BCUT2D eigenvalue weighted by Crippen LogP contribution is 2.28. The zero-order chi connectivity index (χ0) is 15.8. The van der Waals surface area contributed by atoms with Crippen molar-refractivity contribution in [2.75, 3.05) is 24.3 Å². The molecule has 0 aromatic heterocycles. The van der Waals surface area contributed by atoms with Crippen molar-refractivity contribution in [3.8, 4) is 5.75 Å². The summed E-state index contributed by atoms with van der Waals surface area (Å²) in [6.45, 7) is 0. The molecule has 0 amide bonds. The smallest absolute Gasteiger partial charge is 0.241 e. The molecule has 2 rings (SSSR count). The van der Waals surface area contributed by atoms with Crippen LogP contribution in [0.25, 0.3) is 0 Å². The molecule has 1 saturated heterocycles. The van der Waals surface area contributed by atoms with E-state index in [2.05, 4.69) is 4.72 Å². The maximum absolute atomic E-state index is 13.7. The molecule has 0 bridgehead atoms. The first kappa shape index (κ1) is 16.0. The molecule has 1 unspecified atom stereocenters. The topological polar surface area (TPSA) is 116 Å². The van der Waals surface area contributed by atoms with E-state index in [-0.39, 0.29) is 34.3 Å². The molecule has 1 atom stereocenters. The summed E-state index contributed by atoms with van der Waals surface area (Å²) in [4.78, 5) is -0.373. The van der Waals surface area contributed by atoms with Crippen molar-refractivity contribution >= 4 is 25.5 Å². The summed E-state index contributed by atoms with van der Waals surface area (Å²) in [5, 5.41) is 0. The van der Waals surface area contributed by atoms with Gasteiger partial charge in [-0.1, -0.05) is 0 Å². The van der Waals surface area contributed by atoms with Crippen LogP contribution in [0.3, 0.4) is 0 Å². The Bertz CT molecular complexity index is 738. The predicted octanol–water partition coefficient (Wildman–Crippen LogP) is -0.118. The first-order chi connectivity index (χ1) is 9.64. The SMILES string of the molecule is COc1c(N)cc(S(=O)(=O)NC2CCS(=O)(=O)C2)cc1F. The van der Waals surface area contributed by atoms with Crippen LogP contribution in [0.15, 0.2) is 17.0 Å². The maximum atomic E-state index is 13.7. The van der Waals surface area contributed by atoms with E-state index >= 15 is 0 Å². The van der Waals surface area contributed by atoms with E-state index < -0.39 is 31.7 Å². The van der Waals surface area contributed by atoms with E-state index in [1.807, 2.05) is 0 Å². The molecule has 1 heterocycles. The minimum absolute atomic E-state index is 0.0701. The molecule has 0 saturated carbocycles. The summed E-state index contributed by atoms with van der Waals surface area (Å²) in [5.41, 5.74) is 5.37. The molecular weight excluding hydrogens is 323 g/mol. The highest BCUT2D eigenvalue weighted by molar-refractivity contribution is 7.92. The van der Waals surface area contributed by atoms with Crippen LogP contribution >= 0.6 is 0 Å². The van der Waals surface area contributed by atoms with Crippen LogP contribution in [0.5, 0.6) is 5.75 Å². The lowest BCUT2D eigenvalue weighted by Crippen LogP contribution is -2.35. The third-order valence-corrected chi connectivity index (χ3v) is 6.38. The van der Waals surface area contributed by atoms with Crippen LogP contribution in [0.2, 0.25) is 0 Å². The number of methoxy groups -OCH3 is 1. The normalized spacial score (nSPS) is 21.3. The average Bonchev–Trinajstić information content (AvgIpc) is 2.67. The van der Waals surface area contributed by atoms with Gasteiger partial charge in [-0.3, -0.25) is 0 Å². The average molecular weight is 338 g/mol. The van der Waals surface area contributed by atoms with E-state index in [9.17, 15) is 21.2 Å². The zero-order valence-electron chi connectivity index (χ0n) is 11.2. The molecule has 118 valence electrons. The van der Waals surface area contributed by atoms with E-state index in [1.165, 1.54) is 7.11 Å². The molecule has 1 aliphatic heterocycles. The van der Waals surface area contributed by atoms with Crippen molar-refractivity contribution < 1.29 is 26.0 Å². The van der Waals surface area contributed by atoms with Crippen molar-refractivity contribution in [1.82, 2.24) is 4.72 Å². The summed E-state index contributed by atoms with van der Waals surface area (Å²) in [5.74, 6) is -1.48. The molecule has 0 radical (unpaired) electrons. The van der Waals surface area contributed by atoms with Gasteiger partial charge in [-0.05, 0) is 18.6 Å². The highest BCUT2D eigenvalue weighted by atomic mass is 32.2. The van der Waals surface area contributed by atoms with Crippen LogP contribution in [0.1, 0.15) is 6.42 Å². The summed E-state index contributed by atoms with van der Waals surface area (Å²) in [6.07, 6.45) is 0.190. The molecule has 0 spiro atoms. The Morgan fingerprint density at radius 3 is 2.57 bits per heavy atom. The largest absolute Gasteiger partial charge is 0.492 e. The molecule has 10 heteroatoms. The van der Waals surface area contributed by atoms with Gasteiger partial charge in [0.15, 0.2) is 21.4 Å². The minimum Gasteiger partial charge on any atom is -0.492 e. The van der Waals surface area contributed by atoms with E-state index in [0.717, 1.165) is 12.1 Å². The second kappa shape index (κ2) is 5.43. The fourth-order valence-electron chi connectivity index (χ4n) is 2.13. The van der Waals surface area contributed by atoms with Crippen LogP contribution in [-0.2, 0) is 19.9 Å². The Morgan fingerprint density at radius 1 is 1.43 bits per heavy atom. The first-order valence-electron chi connectivity index (χ1n) is 6.00. The Labute approximate surface area is 122 Å². The first-order valence-corrected chi connectivity index (χ1v) is 9.31. The Balaban J connectivity index is 2.28. The van der Waals surface area contributed by atoms with Gasteiger partial charge in [0.2, 0.25) is 10.0 Å². The van der Waals surface area contributed by atoms with Crippen molar-refractivity contribution in [3.63, 3.8) is 0 Å². The van der Waals surface area contributed by atoms with Crippen molar-refractivity contribution in [2.24, 2.45) is 0 Å². The third kappa shape index (κ3) is 3.44. The second-order valence-electron chi connectivity index (χ2n) is 4.75. The van der Waals surface area contributed by atoms with Gasteiger partial charge < -0.3 is 10.5 Å². The van der Waals surface area contributed by atoms with Gasteiger partial charge in [0, 0.05) is 6.04 Å². The van der Waals surface area contributed by atoms with Gasteiger partial charge in [0.05, 0.1) is 29.2 Å². The number of nitrogens with two attached hydrogens (primary N) is 1. The molecule has 21 heavy (non-hydrogen) atoms. The fourth-order valence-corrected chi connectivity index (χ4v) is 5.23. The van der Waals surface area contributed by atoms with E-state index in [4.69, 9.17) is 10.5 Å².